The number of aliphatic imine (C=N–C) groups is 1. The Balaban J connectivity index is 0.000000860. The average molecular weight is 467 g/mol. The Kier molecular flexibility index (Phi) is 8.41. The van der Waals surface area contributed by atoms with Crippen LogP contribution < -0.4 is 5.73 Å². The largest absolute Gasteiger partial charge is 0.400 e. The zero-order chi connectivity index (χ0) is 24.1. The maximum absolute atomic E-state index is 14.5. The number of nitrogens with two attached hydrogens (primary N) is 1. The van der Waals surface area contributed by atoms with Gasteiger partial charge in [-0.2, -0.15) is 5.26 Å². The molecular weight excluding hydrogens is 444 g/mol. The van der Waals surface area contributed by atoms with Crippen LogP contribution in [0, 0.1) is 23.1 Å². The first-order valence-electron chi connectivity index (χ1n) is 9.67. The third-order valence-electron chi connectivity index (χ3n) is 4.66. The maximum Gasteiger partial charge on any atom is 0.267 e. The number of aliphatic hydroxyl groups excluding tert-OH is 1. The van der Waals surface area contributed by atoms with Gasteiger partial charge < -0.3 is 10.8 Å². The number of benzene rings is 1. The Morgan fingerprint density at radius 3 is 2.53 bits per heavy atom. The number of hydrogen-bond acceptors (Lipinski definition) is 6. The Morgan fingerprint density at radius 2 is 1.94 bits per heavy atom. The number of thioether (sulfide) groups is 1. The quantitative estimate of drug-likeness (QED) is 0.626. The van der Waals surface area contributed by atoms with Crippen molar-refractivity contribution in [1.29, 1.82) is 5.26 Å². The first kappa shape index (κ1) is 25.4. The van der Waals surface area contributed by atoms with Gasteiger partial charge in [0.1, 0.15) is 17.7 Å². The van der Waals surface area contributed by atoms with Gasteiger partial charge >= 0.3 is 0 Å². The Labute approximate surface area is 187 Å². The number of aliphatic hydroxyl groups is 1. The zero-order valence-electron chi connectivity index (χ0n) is 17.6. The third-order valence-corrected chi connectivity index (χ3v) is 5.87. The highest BCUT2D eigenvalue weighted by atomic mass is 32.2. The minimum absolute atomic E-state index is 0.00463. The van der Waals surface area contributed by atoms with Crippen molar-refractivity contribution in [3.63, 3.8) is 0 Å². The van der Waals surface area contributed by atoms with E-state index in [-0.39, 0.29) is 27.6 Å². The van der Waals surface area contributed by atoms with Crippen LogP contribution >= 0.6 is 11.8 Å². The fourth-order valence-electron chi connectivity index (χ4n) is 3.19. The number of alkyl halides is 2. The van der Waals surface area contributed by atoms with E-state index >= 15 is 0 Å². The van der Waals surface area contributed by atoms with Crippen LogP contribution in [0.25, 0.3) is 11.9 Å². The molecule has 32 heavy (non-hydrogen) atoms. The molecule has 3 atom stereocenters. The van der Waals surface area contributed by atoms with E-state index in [0.717, 1.165) is 31.0 Å². The standard InChI is InChI=1S/C19H12F4N4S.C2H6.CH4O/c20-12-3-1-9(6-13(21)14-4-2-10(7-24)8-26-14)5-11(12)16-15-17(19(15,22)23)28-18(25)27-16;2*1-2/h1-6,8,15-17H,(H2,25,27);1-2H3;2H,1H3/b13-6-;;. The molecule has 1 aromatic heterocycles. The predicted molar refractivity (Wildman–Crippen MR) is 118 cm³/mol. The lowest BCUT2D eigenvalue weighted by molar-refractivity contribution is 0.0948. The number of hydrogen-bond donors (Lipinski definition) is 2. The number of fused-ring (bicyclic) bond motifs is 1. The van der Waals surface area contributed by atoms with Gasteiger partial charge in [-0.1, -0.05) is 31.7 Å². The van der Waals surface area contributed by atoms with E-state index in [2.05, 4.69) is 9.98 Å². The highest BCUT2D eigenvalue weighted by molar-refractivity contribution is 8.14. The molecule has 3 unspecified atom stereocenters. The second-order valence-corrected chi connectivity index (χ2v) is 7.63. The van der Waals surface area contributed by atoms with Crippen LogP contribution in [-0.2, 0) is 0 Å². The lowest BCUT2D eigenvalue weighted by Crippen LogP contribution is -2.17. The van der Waals surface area contributed by atoms with Crippen molar-refractivity contribution in [2.24, 2.45) is 16.6 Å². The average Bonchev–Trinajstić information content (AvgIpc) is 3.37. The second-order valence-electron chi connectivity index (χ2n) is 6.47. The summed E-state index contributed by atoms with van der Waals surface area (Å²) in [7, 11) is 1.00. The summed E-state index contributed by atoms with van der Waals surface area (Å²) in [4.78, 5) is 7.85. The molecule has 2 aromatic rings. The third kappa shape index (κ3) is 5.11. The molecule has 1 aromatic carbocycles. The molecule has 2 heterocycles. The van der Waals surface area contributed by atoms with E-state index in [1.54, 1.807) is 0 Å². The number of amidine groups is 1. The summed E-state index contributed by atoms with van der Waals surface area (Å²) in [6, 6.07) is 7.22. The van der Waals surface area contributed by atoms with E-state index in [1.807, 2.05) is 19.9 Å². The molecule has 0 bridgehead atoms. The van der Waals surface area contributed by atoms with Crippen LogP contribution in [0.5, 0.6) is 0 Å². The SMILES string of the molecule is CC.CO.N#Cc1ccc(/C(F)=C/c2ccc(F)c(C3N=C(N)SC4C3C4(F)F)c2)nc1. The Bertz CT molecular complexity index is 1050. The molecule has 4 rings (SSSR count). The summed E-state index contributed by atoms with van der Waals surface area (Å²) >= 11 is 0.794. The number of halogens is 4. The van der Waals surface area contributed by atoms with Crippen LogP contribution in [0.4, 0.5) is 17.6 Å². The van der Waals surface area contributed by atoms with Crippen LogP contribution in [0.15, 0.2) is 41.5 Å². The summed E-state index contributed by atoms with van der Waals surface area (Å²) in [5.74, 6) is -5.53. The highest BCUT2D eigenvalue weighted by Crippen LogP contribution is 2.64. The first-order chi connectivity index (χ1) is 15.3. The Hall–Kier alpha value is -2.90. The molecule has 0 amide bonds. The van der Waals surface area contributed by atoms with E-state index in [1.165, 1.54) is 30.5 Å². The summed E-state index contributed by atoms with van der Waals surface area (Å²) in [5.41, 5.74) is 6.12. The smallest absolute Gasteiger partial charge is 0.267 e. The van der Waals surface area contributed by atoms with Crippen molar-refractivity contribution in [2.75, 3.05) is 7.11 Å². The second kappa shape index (κ2) is 10.6. The van der Waals surface area contributed by atoms with E-state index in [4.69, 9.17) is 16.1 Å². The van der Waals surface area contributed by atoms with Gasteiger partial charge in [-0.05, 0) is 35.9 Å². The molecule has 5 nitrogen and oxygen atoms in total. The number of pyridine rings is 1. The van der Waals surface area contributed by atoms with E-state index in [9.17, 15) is 17.6 Å². The van der Waals surface area contributed by atoms with Gasteiger partial charge in [0.2, 0.25) is 0 Å². The minimum atomic E-state index is -2.98. The molecular formula is C22H22F4N4OS. The van der Waals surface area contributed by atoms with Gasteiger partial charge in [0.25, 0.3) is 5.92 Å². The van der Waals surface area contributed by atoms with Crippen molar-refractivity contribution in [3.05, 3.63) is 64.7 Å². The molecule has 170 valence electrons. The van der Waals surface area contributed by atoms with Crippen molar-refractivity contribution in [3.8, 4) is 6.07 Å². The molecule has 0 saturated heterocycles. The van der Waals surface area contributed by atoms with Crippen LogP contribution in [0.3, 0.4) is 0 Å². The summed E-state index contributed by atoms with van der Waals surface area (Å²) in [6.45, 7) is 4.00. The molecule has 1 saturated carbocycles. The number of rotatable bonds is 3. The topological polar surface area (TPSA) is 95.3 Å². The molecule has 10 heteroatoms. The summed E-state index contributed by atoms with van der Waals surface area (Å²) in [6.07, 6.45) is 2.34. The normalized spacial score (nSPS) is 22.7. The lowest BCUT2D eigenvalue weighted by Gasteiger charge is -2.18. The van der Waals surface area contributed by atoms with Gasteiger partial charge in [0.05, 0.1) is 28.5 Å². The van der Waals surface area contributed by atoms with Crippen LogP contribution in [0.1, 0.15) is 42.3 Å². The van der Waals surface area contributed by atoms with Gasteiger partial charge in [-0.25, -0.2) is 17.6 Å². The van der Waals surface area contributed by atoms with Crippen LogP contribution in [0.2, 0.25) is 0 Å². The van der Waals surface area contributed by atoms with Gasteiger partial charge in [-0.3, -0.25) is 9.98 Å². The van der Waals surface area contributed by atoms with Gasteiger partial charge in [0, 0.05) is 18.9 Å². The van der Waals surface area contributed by atoms with E-state index in [0.29, 0.717) is 0 Å². The monoisotopic (exact) mass is 466 g/mol. The zero-order valence-corrected chi connectivity index (χ0v) is 18.4. The minimum Gasteiger partial charge on any atom is -0.400 e. The molecule has 1 aliphatic heterocycles. The molecule has 1 fully saturated rings. The predicted octanol–water partition coefficient (Wildman–Crippen LogP) is 4.93. The summed E-state index contributed by atoms with van der Waals surface area (Å²) in [5, 5.41) is 14.7. The number of nitriles is 1. The molecule has 3 N–H and O–H groups in total. The maximum atomic E-state index is 14.5. The number of nitrogens with zero attached hydrogens (tertiary/aromatic N) is 3. The Morgan fingerprint density at radius 1 is 1.25 bits per heavy atom. The van der Waals surface area contributed by atoms with Crippen LogP contribution in [-0.4, -0.2) is 33.5 Å². The molecule has 0 spiro atoms. The van der Waals surface area contributed by atoms with Crippen molar-refractivity contribution in [2.45, 2.75) is 31.1 Å². The summed E-state index contributed by atoms with van der Waals surface area (Å²) < 4.78 is 56.7. The van der Waals surface area contributed by atoms with Crippen molar-refractivity contribution < 1.29 is 22.7 Å². The van der Waals surface area contributed by atoms with Crippen molar-refractivity contribution >= 4 is 28.8 Å². The molecule has 0 radical (unpaired) electrons. The number of aromatic nitrogens is 1. The lowest BCUT2D eigenvalue weighted by atomic mass is 9.99. The van der Waals surface area contributed by atoms with Crippen molar-refractivity contribution in [1.82, 2.24) is 4.98 Å². The first-order valence-corrected chi connectivity index (χ1v) is 10.5. The van der Waals surface area contributed by atoms with E-state index < -0.39 is 34.8 Å². The van der Waals surface area contributed by atoms with Gasteiger partial charge in [0.15, 0.2) is 5.17 Å². The molecule has 1 aliphatic carbocycles. The fraction of sp³-hybridized carbons (Fsp3) is 0.318. The fourth-order valence-corrected chi connectivity index (χ4v) is 4.34. The highest BCUT2D eigenvalue weighted by Gasteiger charge is 2.73. The molecule has 2 aliphatic rings. The van der Waals surface area contributed by atoms with Gasteiger partial charge in [-0.15, -0.1) is 0 Å².